The molecule has 7 heteroatoms. The lowest BCUT2D eigenvalue weighted by Gasteiger charge is -2.30. The number of nitrogens with two attached hydrogens (primary N) is 1. The van der Waals surface area contributed by atoms with E-state index in [0.717, 1.165) is 35.9 Å². The molecule has 26 heavy (non-hydrogen) atoms. The van der Waals surface area contributed by atoms with Gasteiger partial charge in [-0.05, 0) is 56.5 Å². The lowest BCUT2D eigenvalue weighted by molar-refractivity contribution is 0.307. The molecular formula is C19H25N5O2. The summed E-state index contributed by atoms with van der Waals surface area (Å²) in [4.78, 5) is 15.1. The number of aryl methyl sites for hydroxylation is 2. The lowest BCUT2D eigenvalue weighted by atomic mass is 9.99. The number of ether oxygens (including phenoxy) is 2. The molecule has 1 aliphatic rings. The molecule has 0 amide bonds. The second-order valence-electron chi connectivity index (χ2n) is 6.30. The Morgan fingerprint density at radius 1 is 1.15 bits per heavy atom. The number of aromatic nitrogens is 2. The van der Waals surface area contributed by atoms with Crippen LogP contribution in [0, 0.1) is 13.8 Å². The molecule has 2 aromatic rings. The first kappa shape index (κ1) is 18.0. The molecule has 0 aliphatic carbocycles. The Balaban J connectivity index is 1.84. The maximum absolute atomic E-state index is 6.23. The van der Waals surface area contributed by atoms with Crippen LogP contribution in [0.15, 0.2) is 23.2 Å². The van der Waals surface area contributed by atoms with E-state index in [4.69, 9.17) is 15.2 Å². The topological polar surface area (TPSA) is 85.9 Å². The number of methoxy groups -OCH3 is 1. The highest BCUT2D eigenvalue weighted by atomic mass is 16.5. The third-order valence-electron chi connectivity index (χ3n) is 4.31. The SMILES string of the molecule is CCOc1cc2c(cc1OC)CCN(/C(N)=N/c1nc(C)cc(C)n1)C2. The molecule has 0 bridgehead atoms. The molecule has 1 aliphatic heterocycles. The fourth-order valence-electron chi connectivity index (χ4n) is 3.12. The number of benzene rings is 1. The van der Waals surface area contributed by atoms with Crippen molar-refractivity contribution in [2.75, 3.05) is 20.3 Å². The molecular weight excluding hydrogens is 330 g/mol. The average molecular weight is 355 g/mol. The monoisotopic (exact) mass is 355 g/mol. The first-order valence-corrected chi connectivity index (χ1v) is 8.74. The van der Waals surface area contributed by atoms with Gasteiger partial charge in [-0.2, -0.15) is 4.99 Å². The van der Waals surface area contributed by atoms with Crippen LogP contribution in [0.3, 0.4) is 0 Å². The van der Waals surface area contributed by atoms with Crippen molar-refractivity contribution >= 4 is 11.9 Å². The van der Waals surface area contributed by atoms with Crippen LogP contribution in [0.5, 0.6) is 11.5 Å². The molecule has 0 unspecified atom stereocenters. The van der Waals surface area contributed by atoms with Crippen molar-refractivity contribution in [1.82, 2.24) is 14.9 Å². The Morgan fingerprint density at radius 3 is 2.50 bits per heavy atom. The molecule has 0 radical (unpaired) electrons. The van der Waals surface area contributed by atoms with E-state index in [1.165, 1.54) is 11.1 Å². The summed E-state index contributed by atoms with van der Waals surface area (Å²) in [5, 5.41) is 0. The van der Waals surface area contributed by atoms with Crippen molar-refractivity contribution in [3.8, 4) is 11.5 Å². The van der Waals surface area contributed by atoms with Gasteiger partial charge in [0.2, 0.25) is 0 Å². The molecule has 2 heterocycles. The summed E-state index contributed by atoms with van der Waals surface area (Å²) in [6, 6.07) is 6.00. The first-order valence-electron chi connectivity index (χ1n) is 8.74. The molecule has 0 atom stereocenters. The highest BCUT2D eigenvalue weighted by Crippen LogP contribution is 2.33. The van der Waals surface area contributed by atoms with E-state index in [9.17, 15) is 0 Å². The minimum Gasteiger partial charge on any atom is -0.493 e. The maximum Gasteiger partial charge on any atom is 0.253 e. The molecule has 1 aromatic heterocycles. The molecule has 3 rings (SSSR count). The fraction of sp³-hybridized carbons (Fsp3) is 0.421. The zero-order chi connectivity index (χ0) is 18.7. The molecule has 2 N–H and O–H groups in total. The molecule has 138 valence electrons. The van der Waals surface area contributed by atoms with Gasteiger partial charge in [-0.1, -0.05) is 0 Å². The van der Waals surface area contributed by atoms with Crippen molar-refractivity contribution < 1.29 is 9.47 Å². The van der Waals surface area contributed by atoms with Crippen LogP contribution in [-0.4, -0.2) is 41.1 Å². The van der Waals surface area contributed by atoms with E-state index in [0.29, 0.717) is 25.1 Å². The zero-order valence-corrected chi connectivity index (χ0v) is 15.7. The molecule has 1 aromatic carbocycles. The van der Waals surface area contributed by atoms with Gasteiger partial charge in [0, 0.05) is 24.5 Å². The summed E-state index contributed by atoms with van der Waals surface area (Å²) in [5.41, 5.74) is 10.4. The van der Waals surface area contributed by atoms with Crippen LogP contribution >= 0.6 is 0 Å². The second kappa shape index (κ2) is 7.59. The summed E-state index contributed by atoms with van der Waals surface area (Å²) < 4.78 is 11.1. The van der Waals surface area contributed by atoms with Gasteiger partial charge < -0.3 is 20.1 Å². The lowest BCUT2D eigenvalue weighted by Crippen LogP contribution is -2.40. The first-order chi connectivity index (χ1) is 12.5. The Morgan fingerprint density at radius 2 is 1.85 bits per heavy atom. The Kier molecular flexibility index (Phi) is 5.25. The van der Waals surface area contributed by atoms with E-state index in [1.807, 2.05) is 37.8 Å². The van der Waals surface area contributed by atoms with Crippen molar-refractivity contribution in [2.24, 2.45) is 10.7 Å². The van der Waals surface area contributed by atoms with Gasteiger partial charge >= 0.3 is 0 Å². The Bertz CT molecular complexity index is 815. The minimum atomic E-state index is 0.399. The molecule has 0 saturated carbocycles. The smallest absolute Gasteiger partial charge is 0.253 e. The van der Waals surface area contributed by atoms with E-state index in [1.54, 1.807) is 7.11 Å². The number of nitrogens with zero attached hydrogens (tertiary/aromatic N) is 4. The quantitative estimate of drug-likeness (QED) is 0.670. The van der Waals surface area contributed by atoms with E-state index in [2.05, 4.69) is 21.0 Å². The van der Waals surface area contributed by atoms with Crippen LogP contribution in [0.2, 0.25) is 0 Å². The van der Waals surface area contributed by atoms with Crippen LogP contribution in [0.1, 0.15) is 29.4 Å². The van der Waals surface area contributed by atoms with E-state index in [-0.39, 0.29) is 0 Å². The van der Waals surface area contributed by atoms with Crippen molar-refractivity contribution in [3.63, 3.8) is 0 Å². The number of aliphatic imine (C=N–C) groups is 1. The number of hydrogen-bond donors (Lipinski definition) is 1. The number of guanidine groups is 1. The Labute approximate surface area is 153 Å². The van der Waals surface area contributed by atoms with Crippen LogP contribution in [-0.2, 0) is 13.0 Å². The number of hydrogen-bond acceptors (Lipinski definition) is 5. The summed E-state index contributed by atoms with van der Waals surface area (Å²) in [5.74, 6) is 2.35. The standard InChI is InChI=1S/C19H25N5O2/c1-5-26-17-10-15-11-24(7-6-14(15)9-16(17)25-4)18(20)23-19-21-12(2)8-13(3)22-19/h8-10H,5-7,11H2,1-4H3,(H2,20,21,22,23). The molecule has 0 spiro atoms. The maximum atomic E-state index is 6.23. The predicted octanol–water partition coefficient (Wildman–Crippen LogP) is 2.51. The zero-order valence-electron chi connectivity index (χ0n) is 15.7. The van der Waals surface area contributed by atoms with Gasteiger partial charge in [-0.3, -0.25) is 0 Å². The Hall–Kier alpha value is -2.83. The van der Waals surface area contributed by atoms with Crippen LogP contribution < -0.4 is 15.2 Å². The van der Waals surface area contributed by atoms with Crippen LogP contribution in [0.25, 0.3) is 0 Å². The highest BCUT2D eigenvalue weighted by Gasteiger charge is 2.21. The van der Waals surface area contributed by atoms with Crippen molar-refractivity contribution in [2.45, 2.75) is 33.7 Å². The summed E-state index contributed by atoms with van der Waals surface area (Å²) in [6.45, 7) is 7.84. The summed E-state index contributed by atoms with van der Waals surface area (Å²) in [7, 11) is 1.66. The highest BCUT2D eigenvalue weighted by molar-refractivity contribution is 5.80. The van der Waals surface area contributed by atoms with E-state index >= 15 is 0 Å². The normalized spacial score (nSPS) is 14.2. The number of rotatable bonds is 4. The molecule has 0 saturated heterocycles. The van der Waals surface area contributed by atoms with Gasteiger partial charge in [0.25, 0.3) is 5.95 Å². The van der Waals surface area contributed by atoms with Crippen molar-refractivity contribution in [1.29, 1.82) is 0 Å². The van der Waals surface area contributed by atoms with Crippen molar-refractivity contribution in [3.05, 3.63) is 40.7 Å². The molecule has 0 fully saturated rings. The van der Waals surface area contributed by atoms with Gasteiger partial charge in [0.1, 0.15) is 0 Å². The second-order valence-corrected chi connectivity index (χ2v) is 6.30. The largest absolute Gasteiger partial charge is 0.493 e. The third-order valence-corrected chi connectivity index (χ3v) is 4.31. The molecule has 7 nitrogen and oxygen atoms in total. The fourth-order valence-corrected chi connectivity index (χ4v) is 3.12. The van der Waals surface area contributed by atoms with Gasteiger partial charge in [0.05, 0.1) is 13.7 Å². The minimum absolute atomic E-state index is 0.399. The number of fused-ring (bicyclic) bond motifs is 1. The van der Waals surface area contributed by atoms with Crippen LogP contribution in [0.4, 0.5) is 5.95 Å². The summed E-state index contributed by atoms with van der Waals surface area (Å²) in [6.07, 6.45) is 0.863. The van der Waals surface area contributed by atoms with Gasteiger partial charge in [-0.15, -0.1) is 0 Å². The summed E-state index contributed by atoms with van der Waals surface area (Å²) >= 11 is 0. The van der Waals surface area contributed by atoms with Gasteiger partial charge in [0.15, 0.2) is 17.5 Å². The third kappa shape index (κ3) is 3.87. The van der Waals surface area contributed by atoms with Gasteiger partial charge in [-0.25, -0.2) is 9.97 Å². The predicted molar refractivity (Wildman–Crippen MR) is 101 cm³/mol. The average Bonchev–Trinajstić information content (AvgIpc) is 2.60. The van der Waals surface area contributed by atoms with E-state index < -0.39 is 0 Å².